The second-order valence-corrected chi connectivity index (χ2v) is 6.32. The fourth-order valence-electron chi connectivity index (χ4n) is 1.50. The van der Waals surface area contributed by atoms with Gasteiger partial charge in [0, 0.05) is 0 Å². The van der Waals surface area contributed by atoms with Gasteiger partial charge in [0.1, 0.15) is 0 Å². The molecule has 0 fully saturated rings. The van der Waals surface area contributed by atoms with Crippen LogP contribution in [0.25, 0.3) is 0 Å². The third-order valence-corrected chi connectivity index (χ3v) is 3.76. The first-order valence-electron chi connectivity index (χ1n) is 5.66. The molecule has 7 heteroatoms. The van der Waals surface area contributed by atoms with E-state index in [2.05, 4.69) is 26.3 Å². The van der Waals surface area contributed by atoms with E-state index in [9.17, 15) is 8.42 Å². The van der Waals surface area contributed by atoms with Crippen LogP contribution in [0.4, 0.5) is 11.4 Å². The van der Waals surface area contributed by atoms with Crippen LogP contribution >= 0.6 is 0 Å². The summed E-state index contributed by atoms with van der Waals surface area (Å²) in [5.74, 6) is 0. The van der Waals surface area contributed by atoms with Crippen LogP contribution in [0.15, 0.2) is 64.5 Å². The molecule has 0 unspecified atom stereocenters. The SMILES string of the molecule is NS(=O)(=O)c1ccc(N=C([Se])Nc2ccccc2)cc1. The molecule has 0 heterocycles. The first-order chi connectivity index (χ1) is 9.45. The normalized spacial score (nSPS) is 12.2. The molecular formula is C13H12N3O2SSe. The average molecular weight is 353 g/mol. The van der Waals surface area contributed by atoms with Gasteiger partial charge in [-0.2, -0.15) is 0 Å². The van der Waals surface area contributed by atoms with Crippen LogP contribution in [-0.2, 0) is 10.0 Å². The van der Waals surface area contributed by atoms with E-state index >= 15 is 0 Å². The maximum atomic E-state index is 11.1. The molecule has 1 radical (unpaired) electrons. The number of aliphatic imine (C=N–C) groups is 1. The fourth-order valence-corrected chi connectivity index (χ4v) is 2.48. The van der Waals surface area contributed by atoms with Crippen molar-refractivity contribution in [1.82, 2.24) is 0 Å². The molecule has 2 rings (SSSR count). The van der Waals surface area contributed by atoms with Crippen LogP contribution in [0.2, 0.25) is 0 Å². The van der Waals surface area contributed by atoms with Gasteiger partial charge in [-0.1, -0.05) is 0 Å². The van der Waals surface area contributed by atoms with Gasteiger partial charge < -0.3 is 0 Å². The molecule has 0 saturated heterocycles. The molecule has 0 saturated carbocycles. The number of hydrogen-bond donors (Lipinski definition) is 2. The van der Waals surface area contributed by atoms with Gasteiger partial charge in [0.2, 0.25) is 0 Å². The number of amidine groups is 1. The van der Waals surface area contributed by atoms with E-state index in [1.807, 2.05) is 30.3 Å². The minimum atomic E-state index is -3.67. The van der Waals surface area contributed by atoms with E-state index in [1.165, 1.54) is 12.1 Å². The summed E-state index contributed by atoms with van der Waals surface area (Å²) in [7, 11) is -3.67. The number of benzene rings is 2. The molecule has 2 aromatic rings. The molecule has 3 N–H and O–H groups in total. The summed E-state index contributed by atoms with van der Waals surface area (Å²) in [6.45, 7) is 0. The molecule has 0 amide bonds. The Morgan fingerprint density at radius 2 is 1.65 bits per heavy atom. The molecule has 103 valence electrons. The fraction of sp³-hybridized carbons (Fsp3) is 0. The zero-order chi connectivity index (χ0) is 14.6. The molecule has 0 aliphatic heterocycles. The molecule has 0 aromatic heterocycles. The summed E-state index contributed by atoms with van der Waals surface area (Å²) in [5, 5.41) is 8.11. The zero-order valence-corrected chi connectivity index (χ0v) is 12.9. The number of nitrogens with zero attached hydrogens (tertiary/aromatic N) is 1. The van der Waals surface area contributed by atoms with Crippen LogP contribution in [0.5, 0.6) is 0 Å². The van der Waals surface area contributed by atoms with Gasteiger partial charge in [-0.15, -0.1) is 0 Å². The van der Waals surface area contributed by atoms with Crippen LogP contribution < -0.4 is 10.5 Å². The number of sulfonamides is 1. The third-order valence-electron chi connectivity index (χ3n) is 2.42. The van der Waals surface area contributed by atoms with Crippen molar-refractivity contribution in [3.63, 3.8) is 0 Å². The van der Waals surface area contributed by atoms with E-state index in [4.69, 9.17) is 5.14 Å². The van der Waals surface area contributed by atoms with Crippen LogP contribution in [0, 0.1) is 0 Å². The van der Waals surface area contributed by atoms with Crippen LogP contribution in [0.1, 0.15) is 0 Å². The number of rotatable bonds is 3. The van der Waals surface area contributed by atoms with Crippen molar-refractivity contribution in [2.24, 2.45) is 10.1 Å². The van der Waals surface area contributed by atoms with Gasteiger partial charge in [0.15, 0.2) is 0 Å². The minimum absolute atomic E-state index is 0.0640. The van der Waals surface area contributed by atoms with Crippen molar-refractivity contribution < 1.29 is 8.42 Å². The Labute approximate surface area is 125 Å². The third kappa shape index (κ3) is 4.18. The van der Waals surface area contributed by atoms with Crippen molar-refractivity contribution in [3.8, 4) is 0 Å². The van der Waals surface area contributed by atoms with E-state index in [0.29, 0.717) is 10.4 Å². The number of primary sulfonamides is 1. The quantitative estimate of drug-likeness (QED) is 0.499. The van der Waals surface area contributed by atoms with Crippen molar-refractivity contribution in [2.45, 2.75) is 4.90 Å². The average Bonchev–Trinajstić information content (AvgIpc) is 2.39. The van der Waals surface area contributed by atoms with Gasteiger partial charge in [-0.3, -0.25) is 0 Å². The summed E-state index contributed by atoms with van der Waals surface area (Å²) in [5.41, 5.74) is 1.53. The van der Waals surface area contributed by atoms with Gasteiger partial charge in [-0.25, -0.2) is 0 Å². The maximum absolute atomic E-state index is 11.1. The first kappa shape index (κ1) is 14.7. The summed E-state index contributed by atoms with van der Waals surface area (Å²) < 4.78 is 22.8. The van der Waals surface area contributed by atoms with Crippen molar-refractivity contribution in [2.75, 3.05) is 5.32 Å². The number of para-hydroxylation sites is 1. The molecule has 0 bridgehead atoms. The molecule has 2 aromatic carbocycles. The van der Waals surface area contributed by atoms with Gasteiger partial charge >= 0.3 is 126 Å². The predicted octanol–water partition coefficient (Wildman–Crippen LogP) is 1.60. The van der Waals surface area contributed by atoms with E-state index in [0.717, 1.165) is 5.69 Å². The summed E-state index contributed by atoms with van der Waals surface area (Å²) in [4.78, 5) is 4.36. The number of nitrogens with two attached hydrogens (primary N) is 1. The van der Waals surface area contributed by atoms with E-state index < -0.39 is 10.0 Å². The van der Waals surface area contributed by atoms with E-state index in [1.54, 1.807) is 12.1 Å². The topological polar surface area (TPSA) is 84.6 Å². The molecule has 20 heavy (non-hydrogen) atoms. The monoisotopic (exact) mass is 354 g/mol. The van der Waals surface area contributed by atoms with Gasteiger partial charge in [0.05, 0.1) is 0 Å². The molecule has 5 nitrogen and oxygen atoms in total. The molecule has 0 spiro atoms. The zero-order valence-electron chi connectivity index (χ0n) is 10.4. The molecule has 0 atom stereocenters. The Kier molecular flexibility index (Phi) is 4.57. The Balaban J connectivity index is 2.14. The van der Waals surface area contributed by atoms with Crippen LogP contribution in [-0.4, -0.2) is 29.2 Å². The van der Waals surface area contributed by atoms with E-state index in [-0.39, 0.29) is 4.90 Å². The Morgan fingerprint density at radius 1 is 1.05 bits per heavy atom. The first-order valence-corrected chi connectivity index (χ1v) is 8.06. The summed E-state index contributed by atoms with van der Waals surface area (Å²) >= 11 is 2.81. The number of hydrogen-bond acceptors (Lipinski definition) is 3. The number of anilines is 1. The molecular weight excluding hydrogens is 341 g/mol. The summed E-state index contributed by atoms with van der Waals surface area (Å²) in [6, 6.07) is 15.6. The van der Waals surface area contributed by atoms with Crippen molar-refractivity contribution in [3.05, 3.63) is 54.6 Å². The van der Waals surface area contributed by atoms with Gasteiger partial charge in [0.25, 0.3) is 0 Å². The molecule has 0 aliphatic carbocycles. The van der Waals surface area contributed by atoms with Gasteiger partial charge in [-0.05, 0) is 0 Å². The van der Waals surface area contributed by atoms with Crippen molar-refractivity contribution >= 4 is 42.1 Å². The molecule has 0 aliphatic rings. The Morgan fingerprint density at radius 3 is 2.20 bits per heavy atom. The second-order valence-electron chi connectivity index (χ2n) is 3.95. The Hall–Kier alpha value is -1.66. The van der Waals surface area contributed by atoms with Crippen molar-refractivity contribution in [1.29, 1.82) is 0 Å². The van der Waals surface area contributed by atoms with Crippen LogP contribution in [0.3, 0.4) is 0 Å². The standard InChI is InChI=1S/C13H12N3O2SSe/c14-19(17,18)12-8-6-11(7-9-12)16-13(20)15-10-4-2-1-3-5-10/h1-9H,(H,15,16)(H2,14,17,18). The Bertz CT molecular complexity index is 713. The summed E-state index contributed by atoms with van der Waals surface area (Å²) in [6.07, 6.45) is 0. The number of nitrogens with one attached hydrogen (secondary N) is 1. The second kappa shape index (κ2) is 6.19. The predicted molar refractivity (Wildman–Crippen MR) is 80.7 cm³/mol.